The summed E-state index contributed by atoms with van der Waals surface area (Å²) in [4.78, 5) is 22.8. The van der Waals surface area contributed by atoms with E-state index in [-0.39, 0.29) is 28.6 Å². The molecule has 4 nitrogen and oxygen atoms in total. The first-order chi connectivity index (χ1) is 15.7. The van der Waals surface area contributed by atoms with Crippen molar-refractivity contribution >= 4 is 11.6 Å². The Morgan fingerprint density at radius 3 is 1.27 bits per heavy atom. The Bertz CT molecular complexity index is 1010. The molecule has 4 rings (SSSR count). The molecule has 0 fully saturated rings. The molecule has 33 heavy (non-hydrogen) atoms. The fourth-order valence-electron chi connectivity index (χ4n) is 2.95. The number of benzene rings is 2. The van der Waals surface area contributed by atoms with Gasteiger partial charge >= 0.3 is 0 Å². The minimum atomic E-state index is 0. The Hall–Kier alpha value is -3.66. The third-order valence-corrected chi connectivity index (χ3v) is 4.65. The van der Waals surface area contributed by atoms with E-state index >= 15 is 0 Å². The van der Waals surface area contributed by atoms with Gasteiger partial charge in [0.15, 0.2) is 11.6 Å². The fourth-order valence-corrected chi connectivity index (χ4v) is 2.95. The van der Waals surface area contributed by atoms with Gasteiger partial charge in [-0.05, 0) is 35.4 Å². The summed E-state index contributed by atoms with van der Waals surface area (Å²) in [5.74, 6) is 0.0890. The van der Waals surface area contributed by atoms with Crippen LogP contribution in [0.15, 0.2) is 133 Å². The zero-order valence-corrected chi connectivity index (χ0v) is 19.0. The average molecular weight is 486 g/mol. The van der Waals surface area contributed by atoms with Crippen LogP contribution in [-0.4, -0.2) is 11.6 Å². The van der Waals surface area contributed by atoms with Crippen molar-refractivity contribution in [3.05, 3.63) is 144 Å². The van der Waals surface area contributed by atoms with Gasteiger partial charge in [-0.2, -0.15) is 0 Å². The molecule has 0 amide bonds. The number of carbonyl (C=O) groups excluding carboxylic acids is 2. The van der Waals surface area contributed by atoms with Crippen molar-refractivity contribution in [1.82, 2.24) is 10.6 Å². The van der Waals surface area contributed by atoms with Gasteiger partial charge in [0.25, 0.3) is 0 Å². The van der Waals surface area contributed by atoms with E-state index in [1.807, 2.05) is 72.8 Å². The quantitative estimate of drug-likeness (QED) is 0.459. The van der Waals surface area contributed by atoms with Crippen LogP contribution in [0.4, 0.5) is 0 Å². The molecule has 0 heterocycles. The van der Waals surface area contributed by atoms with Crippen molar-refractivity contribution in [3.8, 4) is 0 Å². The van der Waals surface area contributed by atoms with Crippen LogP contribution in [0, 0.1) is 0 Å². The summed E-state index contributed by atoms with van der Waals surface area (Å²) < 4.78 is 0. The van der Waals surface area contributed by atoms with E-state index in [1.165, 1.54) is 11.1 Å². The minimum absolute atomic E-state index is 0. The SMILES string of the molecule is O=C1C=CC=C/C1=C/NCc1ccccc1.O=C1C=CC=C/C1=C/NCc1ccccc1.[Cu]. The predicted octanol–water partition coefficient (Wildman–Crippen LogP) is 4.71. The molecular formula is C28H26CuN2O2. The molecule has 0 saturated heterocycles. The summed E-state index contributed by atoms with van der Waals surface area (Å²) in [5.41, 5.74) is 3.78. The average Bonchev–Trinajstić information content (AvgIpc) is 2.83. The first kappa shape index (κ1) is 25.6. The maximum absolute atomic E-state index is 11.4. The largest absolute Gasteiger partial charge is 0.386 e. The second kappa shape index (κ2) is 14.4. The number of carbonyl (C=O) groups is 2. The number of hydrogen-bond acceptors (Lipinski definition) is 4. The van der Waals surface area contributed by atoms with E-state index < -0.39 is 0 Å². The number of ketones is 2. The molecule has 0 unspecified atom stereocenters. The van der Waals surface area contributed by atoms with Crippen LogP contribution in [0.1, 0.15) is 11.1 Å². The number of rotatable bonds is 6. The Labute approximate surface area is 205 Å². The summed E-state index contributed by atoms with van der Waals surface area (Å²) in [6.07, 6.45) is 17.5. The molecular weight excluding hydrogens is 460 g/mol. The zero-order chi connectivity index (χ0) is 22.4. The molecule has 1 radical (unpaired) electrons. The van der Waals surface area contributed by atoms with Gasteiger partial charge < -0.3 is 10.6 Å². The number of allylic oxidation sites excluding steroid dienone is 10. The molecule has 2 aromatic carbocycles. The molecule has 0 saturated carbocycles. The molecule has 2 aromatic rings. The van der Waals surface area contributed by atoms with E-state index in [0.717, 1.165) is 13.1 Å². The topological polar surface area (TPSA) is 58.2 Å². The predicted molar refractivity (Wildman–Crippen MR) is 129 cm³/mol. The monoisotopic (exact) mass is 485 g/mol. The van der Waals surface area contributed by atoms with Crippen LogP contribution in [-0.2, 0) is 39.7 Å². The van der Waals surface area contributed by atoms with E-state index in [4.69, 9.17) is 0 Å². The smallest absolute Gasteiger partial charge is 0.187 e. The van der Waals surface area contributed by atoms with E-state index in [1.54, 1.807) is 48.9 Å². The maximum Gasteiger partial charge on any atom is 0.187 e. The van der Waals surface area contributed by atoms with Gasteiger partial charge in [0.1, 0.15) is 0 Å². The molecule has 2 aliphatic carbocycles. The van der Waals surface area contributed by atoms with Crippen molar-refractivity contribution in [2.24, 2.45) is 0 Å². The third-order valence-electron chi connectivity index (χ3n) is 4.65. The third kappa shape index (κ3) is 9.16. The Kier molecular flexibility index (Phi) is 11.2. The summed E-state index contributed by atoms with van der Waals surface area (Å²) in [6.45, 7) is 1.46. The van der Waals surface area contributed by atoms with E-state index in [2.05, 4.69) is 10.6 Å². The summed E-state index contributed by atoms with van der Waals surface area (Å²) in [6, 6.07) is 20.1. The van der Waals surface area contributed by atoms with Crippen molar-refractivity contribution in [1.29, 1.82) is 0 Å². The molecule has 0 spiro atoms. The van der Waals surface area contributed by atoms with Crippen LogP contribution < -0.4 is 10.6 Å². The first-order valence-corrected chi connectivity index (χ1v) is 10.5. The van der Waals surface area contributed by atoms with Crippen molar-refractivity contribution in [2.75, 3.05) is 0 Å². The zero-order valence-electron chi connectivity index (χ0n) is 18.1. The molecule has 5 heteroatoms. The Morgan fingerprint density at radius 2 is 0.909 bits per heavy atom. The van der Waals surface area contributed by atoms with Crippen molar-refractivity contribution in [2.45, 2.75) is 13.1 Å². The van der Waals surface area contributed by atoms with Crippen LogP contribution in [0.5, 0.6) is 0 Å². The summed E-state index contributed by atoms with van der Waals surface area (Å²) >= 11 is 0. The van der Waals surface area contributed by atoms with Gasteiger partial charge in [0, 0.05) is 53.7 Å². The second-order valence-electron chi connectivity index (χ2n) is 7.10. The van der Waals surface area contributed by atoms with Crippen LogP contribution in [0.2, 0.25) is 0 Å². The fraction of sp³-hybridized carbons (Fsp3) is 0.0714. The van der Waals surface area contributed by atoms with Gasteiger partial charge in [0.2, 0.25) is 0 Å². The normalized spacial score (nSPS) is 16.2. The number of hydrogen-bond donors (Lipinski definition) is 2. The summed E-state index contributed by atoms with van der Waals surface area (Å²) in [7, 11) is 0. The molecule has 0 aromatic heterocycles. The van der Waals surface area contributed by atoms with Crippen LogP contribution in [0.3, 0.4) is 0 Å². The Balaban J connectivity index is 0.000000227. The van der Waals surface area contributed by atoms with Crippen LogP contribution in [0.25, 0.3) is 0 Å². The molecule has 2 N–H and O–H groups in total. The standard InChI is InChI=1S/2C14H13NO.Cu/c2*16-14-9-5-4-8-13(14)11-15-10-12-6-2-1-3-7-12;/h2*1-9,11,15H,10H2;/b2*13-11-;. The van der Waals surface area contributed by atoms with E-state index in [0.29, 0.717) is 11.1 Å². The van der Waals surface area contributed by atoms with Crippen molar-refractivity contribution in [3.63, 3.8) is 0 Å². The first-order valence-electron chi connectivity index (χ1n) is 10.5. The van der Waals surface area contributed by atoms with Crippen molar-refractivity contribution < 1.29 is 26.7 Å². The molecule has 0 atom stereocenters. The van der Waals surface area contributed by atoms with Gasteiger partial charge in [-0.25, -0.2) is 0 Å². The van der Waals surface area contributed by atoms with Gasteiger partial charge in [-0.3, -0.25) is 9.59 Å². The minimum Gasteiger partial charge on any atom is -0.386 e. The molecule has 0 bridgehead atoms. The Morgan fingerprint density at radius 1 is 0.545 bits per heavy atom. The molecule has 0 aliphatic heterocycles. The number of nitrogens with one attached hydrogen (secondary N) is 2. The second-order valence-corrected chi connectivity index (χ2v) is 7.10. The van der Waals surface area contributed by atoms with Crippen LogP contribution >= 0.6 is 0 Å². The molecule has 2 aliphatic rings. The van der Waals surface area contributed by atoms with Gasteiger partial charge in [-0.15, -0.1) is 0 Å². The van der Waals surface area contributed by atoms with Gasteiger partial charge in [-0.1, -0.05) is 85.0 Å². The van der Waals surface area contributed by atoms with Gasteiger partial charge in [0.05, 0.1) is 0 Å². The molecule has 171 valence electrons. The van der Waals surface area contributed by atoms with E-state index in [9.17, 15) is 9.59 Å². The summed E-state index contributed by atoms with van der Waals surface area (Å²) in [5, 5.41) is 6.27. The maximum atomic E-state index is 11.4.